The molecule has 0 heterocycles. The second-order valence-corrected chi connectivity index (χ2v) is 11.5. The number of halogens is 1. The summed E-state index contributed by atoms with van der Waals surface area (Å²) in [7, 11) is -4.07. The van der Waals surface area contributed by atoms with Gasteiger partial charge in [-0.05, 0) is 69.2 Å². The lowest BCUT2D eigenvalue weighted by atomic mass is 10.1. The molecule has 9 heteroatoms. The van der Waals surface area contributed by atoms with Gasteiger partial charge < -0.3 is 10.2 Å². The summed E-state index contributed by atoms with van der Waals surface area (Å²) >= 11 is 3.38. The number of aryl methyl sites for hydroxylation is 1. The fraction of sp³-hybridized carbons (Fsp3) is 0.286. The number of rotatable bonds is 11. The van der Waals surface area contributed by atoms with Gasteiger partial charge in [-0.15, -0.1) is 0 Å². The molecule has 0 fully saturated rings. The number of carbonyl (C=O) groups excluding carboxylic acids is 2. The molecule has 0 spiro atoms. The molecule has 3 rings (SSSR count). The Morgan fingerprint density at radius 1 is 0.946 bits per heavy atom. The van der Waals surface area contributed by atoms with Crippen LogP contribution in [-0.4, -0.2) is 50.8 Å². The summed E-state index contributed by atoms with van der Waals surface area (Å²) in [5.74, 6) is -0.756. The third-order valence-corrected chi connectivity index (χ3v) is 8.32. The van der Waals surface area contributed by atoms with Crippen LogP contribution in [0.25, 0.3) is 0 Å². The lowest BCUT2D eigenvalue weighted by molar-refractivity contribution is -0.138. The van der Waals surface area contributed by atoms with Gasteiger partial charge in [-0.1, -0.05) is 64.0 Å². The van der Waals surface area contributed by atoms with Crippen molar-refractivity contribution >= 4 is 43.5 Å². The second-order valence-electron chi connectivity index (χ2n) is 8.69. The van der Waals surface area contributed by atoms with Crippen LogP contribution in [0.2, 0.25) is 0 Å². The Bertz CT molecular complexity index is 1300. The monoisotopic (exact) mass is 585 g/mol. The molecule has 1 atom stereocenters. The van der Waals surface area contributed by atoms with Crippen molar-refractivity contribution in [2.75, 3.05) is 23.9 Å². The van der Waals surface area contributed by atoms with Crippen molar-refractivity contribution in [2.24, 2.45) is 0 Å². The SMILES string of the molecule is CCNC(=O)C(C)N(CCc1ccccc1)C(=O)CN(c1ccc(Br)cc1)S(=O)(=O)c1ccc(C)cc1. The number of nitrogens with one attached hydrogen (secondary N) is 1. The predicted octanol–water partition coefficient (Wildman–Crippen LogP) is 4.55. The molecular formula is C28H32BrN3O4S. The summed E-state index contributed by atoms with van der Waals surface area (Å²) in [6.07, 6.45) is 0.527. The van der Waals surface area contributed by atoms with Crippen LogP contribution in [-0.2, 0) is 26.0 Å². The Hall–Kier alpha value is -3.17. The van der Waals surface area contributed by atoms with Gasteiger partial charge in [0.2, 0.25) is 11.8 Å². The van der Waals surface area contributed by atoms with Crippen molar-refractivity contribution in [3.63, 3.8) is 0 Å². The van der Waals surface area contributed by atoms with Crippen LogP contribution in [0.4, 0.5) is 5.69 Å². The first-order valence-corrected chi connectivity index (χ1v) is 14.3. The molecule has 0 bridgehead atoms. The average Bonchev–Trinajstić information content (AvgIpc) is 2.89. The minimum atomic E-state index is -4.07. The van der Waals surface area contributed by atoms with Crippen molar-refractivity contribution in [1.82, 2.24) is 10.2 Å². The van der Waals surface area contributed by atoms with Gasteiger partial charge in [-0.3, -0.25) is 13.9 Å². The third kappa shape index (κ3) is 7.42. The molecule has 0 aromatic heterocycles. The molecule has 0 radical (unpaired) electrons. The number of likely N-dealkylation sites (N-methyl/N-ethyl adjacent to an activating group) is 1. The van der Waals surface area contributed by atoms with Crippen molar-refractivity contribution in [1.29, 1.82) is 0 Å². The van der Waals surface area contributed by atoms with Crippen LogP contribution in [0.15, 0.2) is 88.2 Å². The van der Waals surface area contributed by atoms with Gasteiger partial charge in [0, 0.05) is 17.6 Å². The Kier molecular flexibility index (Phi) is 9.88. The number of nitrogens with zero attached hydrogens (tertiary/aromatic N) is 2. The highest BCUT2D eigenvalue weighted by atomic mass is 79.9. The number of carbonyl (C=O) groups is 2. The number of benzene rings is 3. The standard InChI is InChI=1S/C28H32BrN3O4S/c1-4-30-28(34)22(3)31(19-18-23-8-6-5-7-9-23)27(33)20-32(25-14-12-24(29)13-15-25)37(35,36)26-16-10-21(2)11-17-26/h5-17,22H,4,18-20H2,1-3H3,(H,30,34). The summed E-state index contributed by atoms with van der Waals surface area (Å²) in [5, 5.41) is 2.76. The highest BCUT2D eigenvalue weighted by Gasteiger charge is 2.32. The lowest BCUT2D eigenvalue weighted by Gasteiger charge is -2.32. The number of anilines is 1. The van der Waals surface area contributed by atoms with Crippen LogP contribution >= 0.6 is 15.9 Å². The van der Waals surface area contributed by atoms with E-state index in [4.69, 9.17) is 0 Å². The highest BCUT2D eigenvalue weighted by Crippen LogP contribution is 2.26. The van der Waals surface area contributed by atoms with Gasteiger partial charge in [-0.25, -0.2) is 8.42 Å². The van der Waals surface area contributed by atoms with Gasteiger partial charge in [0.15, 0.2) is 0 Å². The molecule has 0 aliphatic heterocycles. The Morgan fingerprint density at radius 2 is 1.57 bits per heavy atom. The van der Waals surface area contributed by atoms with E-state index >= 15 is 0 Å². The molecular weight excluding hydrogens is 554 g/mol. The normalized spacial score (nSPS) is 12.0. The van der Waals surface area contributed by atoms with Crippen molar-refractivity contribution in [2.45, 2.75) is 38.1 Å². The number of amides is 2. The summed E-state index contributed by atoms with van der Waals surface area (Å²) in [6.45, 7) is 5.59. The van der Waals surface area contributed by atoms with Gasteiger partial charge in [0.25, 0.3) is 10.0 Å². The Morgan fingerprint density at radius 3 is 2.16 bits per heavy atom. The summed E-state index contributed by atoms with van der Waals surface area (Å²) in [5.41, 5.74) is 2.29. The first-order chi connectivity index (χ1) is 17.6. The maximum absolute atomic E-state index is 13.7. The molecule has 7 nitrogen and oxygen atoms in total. The van der Waals surface area contributed by atoms with Gasteiger partial charge in [0.05, 0.1) is 10.6 Å². The molecule has 0 aliphatic carbocycles. The van der Waals surface area contributed by atoms with Crippen LogP contribution in [0.1, 0.15) is 25.0 Å². The minimum absolute atomic E-state index is 0.0847. The van der Waals surface area contributed by atoms with E-state index in [0.717, 1.165) is 19.9 Å². The minimum Gasteiger partial charge on any atom is -0.355 e. The summed E-state index contributed by atoms with van der Waals surface area (Å²) in [4.78, 5) is 28.0. The van der Waals surface area contributed by atoms with E-state index in [1.165, 1.54) is 17.0 Å². The number of hydrogen-bond donors (Lipinski definition) is 1. The molecule has 0 aliphatic rings. The van der Waals surface area contributed by atoms with E-state index in [2.05, 4.69) is 21.2 Å². The maximum atomic E-state index is 13.7. The summed E-state index contributed by atoms with van der Waals surface area (Å²) in [6, 6.07) is 22.1. The number of hydrogen-bond acceptors (Lipinski definition) is 4. The lowest BCUT2D eigenvalue weighted by Crippen LogP contribution is -2.52. The first-order valence-electron chi connectivity index (χ1n) is 12.1. The largest absolute Gasteiger partial charge is 0.355 e. The molecule has 37 heavy (non-hydrogen) atoms. The molecule has 0 saturated heterocycles. The van der Waals surface area contributed by atoms with Gasteiger partial charge in [0.1, 0.15) is 12.6 Å². The molecule has 3 aromatic rings. The second kappa shape index (κ2) is 12.9. The fourth-order valence-electron chi connectivity index (χ4n) is 3.87. The molecule has 2 amide bonds. The first kappa shape index (κ1) is 28.4. The van der Waals surface area contributed by atoms with Gasteiger partial charge in [-0.2, -0.15) is 0 Å². The van der Waals surface area contributed by atoms with Crippen molar-refractivity contribution in [3.8, 4) is 0 Å². The Labute approximate surface area is 227 Å². The van der Waals surface area contributed by atoms with E-state index in [1.54, 1.807) is 43.3 Å². The highest BCUT2D eigenvalue weighted by molar-refractivity contribution is 9.10. The predicted molar refractivity (Wildman–Crippen MR) is 150 cm³/mol. The fourth-order valence-corrected chi connectivity index (χ4v) is 5.54. The molecule has 1 N–H and O–H groups in total. The van der Waals surface area contributed by atoms with Crippen LogP contribution in [0, 0.1) is 6.92 Å². The van der Waals surface area contributed by atoms with Crippen LogP contribution in [0.3, 0.4) is 0 Å². The van der Waals surface area contributed by atoms with Crippen molar-refractivity contribution < 1.29 is 18.0 Å². The molecule has 196 valence electrons. The zero-order valence-electron chi connectivity index (χ0n) is 21.2. The van der Waals surface area contributed by atoms with E-state index < -0.39 is 28.5 Å². The van der Waals surface area contributed by atoms with Crippen LogP contribution < -0.4 is 9.62 Å². The van der Waals surface area contributed by atoms with E-state index in [1.807, 2.05) is 44.2 Å². The Balaban J connectivity index is 1.96. The third-order valence-electron chi connectivity index (χ3n) is 6.00. The van der Waals surface area contributed by atoms with E-state index in [9.17, 15) is 18.0 Å². The molecule has 1 unspecified atom stereocenters. The topological polar surface area (TPSA) is 86.8 Å². The molecule has 0 saturated carbocycles. The maximum Gasteiger partial charge on any atom is 0.264 e. The average molecular weight is 587 g/mol. The molecule has 3 aromatic carbocycles. The quantitative estimate of drug-likeness (QED) is 0.357. The summed E-state index contributed by atoms with van der Waals surface area (Å²) < 4.78 is 29.4. The van der Waals surface area contributed by atoms with E-state index in [-0.39, 0.29) is 17.3 Å². The van der Waals surface area contributed by atoms with Crippen molar-refractivity contribution in [3.05, 3.63) is 94.5 Å². The van der Waals surface area contributed by atoms with E-state index in [0.29, 0.717) is 18.7 Å². The number of sulfonamides is 1. The zero-order chi connectivity index (χ0) is 27.0. The van der Waals surface area contributed by atoms with Gasteiger partial charge >= 0.3 is 0 Å². The zero-order valence-corrected chi connectivity index (χ0v) is 23.6. The smallest absolute Gasteiger partial charge is 0.264 e. The van der Waals surface area contributed by atoms with Crippen LogP contribution in [0.5, 0.6) is 0 Å².